The molecule has 3 rings (SSSR count). The molecule has 0 aliphatic heterocycles. The van der Waals surface area contributed by atoms with Gasteiger partial charge >= 0.3 is 6.09 Å². The molecule has 2 aromatic carbocycles. The van der Waals surface area contributed by atoms with Gasteiger partial charge in [0, 0.05) is 24.3 Å². The zero-order valence-electron chi connectivity index (χ0n) is 16.2. The molecule has 0 saturated heterocycles. The molecule has 0 bridgehead atoms. The molecule has 0 aliphatic carbocycles. The Morgan fingerprint density at radius 3 is 2.50 bits per heavy atom. The van der Waals surface area contributed by atoms with Crippen LogP contribution in [0.3, 0.4) is 0 Å². The largest absolute Gasteiger partial charge is 0.444 e. The van der Waals surface area contributed by atoms with Gasteiger partial charge in [0.15, 0.2) is 0 Å². The Labute approximate surface area is 163 Å². The number of aromatic nitrogens is 2. The number of nitrogens with one attached hydrogen (secondary N) is 2. The minimum absolute atomic E-state index is 0.160. The summed E-state index contributed by atoms with van der Waals surface area (Å²) in [6, 6.07) is 15.4. The van der Waals surface area contributed by atoms with E-state index in [1.165, 1.54) is 0 Å². The van der Waals surface area contributed by atoms with Crippen LogP contribution in [0.1, 0.15) is 27.2 Å². The van der Waals surface area contributed by atoms with E-state index in [-0.39, 0.29) is 18.9 Å². The molecule has 3 aromatic rings. The first kappa shape index (κ1) is 19.4. The summed E-state index contributed by atoms with van der Waals surface area (Å²) in [5.41, 5.74) is 3.04. The Hall–Kier alpha value is -3.35. The quantitative estimate of drug-likeness (QED) is 0.703. The molecular formula is C21H24N4O3. The Morgan fingerprint density at radius 1 is 1.07 bits per heavy atom. The van der Waals surface area contributed by atoms with Crippen molar-refractivity contribution in [3.8, 4) is 5.69 Å². The Morgan fingerprint density at radius 2 is 1.79 bits per heavy atom. The maximum atomic E-state index is 12.0. The van der Waals surface area contributed by atoms with Crippen LogP contribution in [0.15, 0.2) is 54.9 Å². The fraction of sp³-hybridized carbons (Fsp3) is 0.286. The highest BCUT2D eigenvalue weighted by atomic mass is 16.6. The summed E-state index contributed by atoms with van der Waals surface area (Å²) >= 11 is 0. The van der Waals surface area contributed by atoms with Gasteiger partial charge in [-0.05, 0) is 57.2 Å². The molecule has 1 heterocycles. The van der Waals surface area contributed by atoms with Crippen molar-refractivity contribution in [1.82, 2.24) is 14.9 Å². The van der Waals surface area contributed by atoms with Crippen LogP contribution in [0.5, 0.6) is 0 Å². The van der Waals surface area contributed by atoms with Gasteiger partial charge in [-0.2, -0.15) is 0 Å². The number of alkyl carbamates (subject to hydrolysis) is 1. The zero-order valence-corrected chi connectivity index (χ0v) is 16.2. The standard InChI is InChI=1S/C21H24N4O3/c1-21(2,3)28-20(27)22-13-12-19(26)24-15-8-10-16(11-9-15)25-14-23-17-6-4-5-7-18(17)25/h4-11,14H,12-13H2,1-3H3,(H,22,27)(H,24,26). The number of ether oxygens (including phenoxy) is 1. The molecule has 7 heteroatoms. The number of carbonyl (C=O) groups excluding carboxylic acids is 2. The van der Waals surface area contributed by atoms with Gasteiger partial charge in [0.25, 0.3) is 0 Å². The first-order valence-electron chi connectivity index (χ1n) is 9.11. The van der Waals surface area contributed by atoms with E-state index in [0.717, 1.165) is 16.7 Å². The summed E-state index contributed by atoms with van der Waals surface area (Å²) in [5, 5.41) is 5.39. The lowest BCUT2D eigenvalue weighted by Gasteiger charge is -2.19. The van der Waals surface area contributed by atoms with Gasteiger partial charge in [0.05, 0.1) is 11.0 Å². The van der Waals surface area contributed by atoms with E-state index in [2.05, 4.69) is 15.6 Å². The monoisotopic (exact) mass is 380 g/mol. The molecule has 0 radical (unpaired) electrons. The molecular weight excluding hydrogens is 356 g/mol. The number of anilines is 1. The summed E-state index contributed by atoms with van der Waals surface area (Å²) in [7, 11) is 0. The van der Waals surface area contributed by atoms with Crippen LogP contribution in [-0.2, 0) is 9.53 Å². The maximum absolute atomic E-state index is 12.0. The third kappa shape index (κ3) is 5.09. The minimum Gasteiger partial charge on any atom is -0.444 e. The molecule has 2 amide bonds. The SMILES string of the molecule is CC(C)(C)OC(=O)NCCC(=O)Nc1ccc(-n2cnc3ccccc32)cc1. The lowest BCUT2D eigenvalue weighted by Crippen LogP contribution is -2.34. The predicted octanol–water partition coefficient (Wildman–Crippen LogP) is 3.88. The van der Waals surface area contributed by atoms with Gasteiger partial charge in [0.1, 0.15) is 11.9 Å². The van der Waals surface area contributed by atoms with E-state index in [9.17, 15) is 9.59 Å². The number of amides is 2. The van der Waals surface area contributed by atoms with Gasteiger partial charge in [-0.25, -0.2) is 9.78 Å². The number of para-hydroxylation sites is 2. The van der Waals surface area contributed by atoms with Gasteiger partial charge in [-0.15, -0.1) is 0 Å². The molecule has 2 N–H and O–H groups in total. The Kier molecular flexibility index (Phi) is 5.63. The molecule has 0 atom stereocenters. The number of rotatable bonds is 5. The van der Waals surface area contributed by atoms with E-state index in [1.807, 2.05) is 53.1 Å². The summed E-state index contributed by atoms with van der Waals surface area (Å²) in [6.07, 6.45) is 1.41. The summed E-state index contributed by atoms with van der Waals surface area (Å²) in [6.45, 7) is 5.57. The molecule has 0 spiro atoms. The molecule has 28 heavy (non-hydrogen) atoms. The number of benzene rings is 2. The van der Waals surface area contributed by atoms with Gasteiger partial charge < -0.3 is 15.4 Å². The van der Waals surface area contributed by atoms with Crippen molar-refractivity contribution in [2.24, 2.45) is 0 Å². The van der Waals surface area contributed by atoms with Crippen molar-refractivity contribution in [3.63, 3.8) is 0 Å². The highest BCUT2D eigenvalue weighted by Gasteiger charge is 2.15. The number of carbonyl (C=O) groups is 2. The van der Waals surface area contributed by atoms with Crippen LogP contribution in [0.4, 0.5) is 10.5 Å². The average Bonchev–Trinajstić information content (AvgIpc) is 3.05. The second-order valence-corrected chi connectivity index (χ2v) is 7.38. The molecule has 1 aromatic heterocycles. The summed E-state index contributed by atoms with van der Waals surface area (Å²) in [4.78, 5) is 28.0. The highest BCUT2D eigenvalue weighted by molar-refractivity contribution is 5.91. The van der Waals surface area contributed by atoms with Crippen LogP contribution < -0.4 is 10.6 Å². The maximum Gasteiger partial charge on any atom is 0.407 e. The van der Waals surface area contributed by atoms with E-state index in [4.69, 9.17) is 4.74 Å². The fourth-order valence-electron chi connectivity index (χ4n) is 2.69. The Balaban J connectivity index is 1.53. The van der Waals surface area contributed by atoms with Crippen molar-refractivity contribution in [2.45, 2.75) is 32.8 Å². The highest BCUT2D eigenvalue weighted by Crippen LogP contribution is 2.19. The zero-order chi connectivity index (χ0) is 20.1. The van der Waals surface area contributed by atoms with Crippen molar-refractivity contribution >= 4 is 28.7 Å². The molecule has 7 nitrogen and oxygen atoms in total. The summed E-state index contributed by atoms with van der Waals surface area (Å²) in [5.74, 6) is -0.183. The third-order valence-electron chi connectivity index (χ3n) is 3.90. The third-order valence-corrected chi connectivity index (χ3v) is 3.90. The van der Waals surface area contributed by atoms with Crippen LogP contribution >= 0.6 is 0 Å². The smallest absolute Gasteiger partial charge is 0.407 e. The molecule has 146 valence electrons. The lowest BCUT2D eigenvalue weighted by atomic mass is 10.2. The van der Waals surface area contributed by atoms with Crippen molar-refractivity contribution in [1.29, 1.82) is 0 Å². The second-order valence-electron chi connectivity index (χ2n) is 7.38. The topological polar surface area (TPSA) is 85.2 Å². The van der Waals surface area contributed by atoms with Gasteiger partial charge in [-0.1, -0.05) is 12.1 Å². The number of hydrogen-bond acceptors (Lipinski definition) is 4. The first-order valence-corrected chi connectivity index (χ1v) is 9.11. The van der Waals surface area contributed by atoms with Crippen LogP contribution in [0, 0.1) is 0 Å². The molecule has 0 unspecified atom stereocenters. The second kappa shape index (κ2) is 8.12. The molecule has 0 aliphatic rings. The summed E-state index contributed by atoms with van der Waals surface area (Å²) < 4.78 is 7.12. The normalized spacial score (nSPS) is 11.2. The lowest BCUT2D eigenvalue weighted by molar-refractivity contribution is -0.116. The van der Waals surface area contributed by atoms with Gasteiger partial charge in [0.2, 0.25) is 5.91 Å². The van der Waals surface area contributed by atoms with E-state index < -0.39 is 11.7 Å². The van der Waals surface area contributed by atoms with E-state index >= 15 is 0 Å². The number of hydrogen-bond donors (Lipinski definition) is 2. The Bertz CT molecular complexity index is 971. The first-order chi connectivity index (χ1) is 13.3. The average molecular weight is 380 g/mol. The minimum atomic E-state index is -0.561. The van der Waals surface area contributed by atoms with Crippen molar-refractivity contribution in [2.75, 3.05) is 11.9 Å². The van der Waals surface area contributed by atoms with Crippen LogP contribution in [0.2, 0.25) is 0 Å². The predicted molar refractivity (Wildman–Crippen MR) is 109 cm³/mol. The van der Waals surface area contributed by atoms with Crippen LogP contribution in [-0.4, -0.2) is 33.7 Å². The van der Waals surface area contributed by atoms with Crippen LogP contribution in [0.25, 0.3) is 16.7 Å². The fourth-order valence-corrected chi connectivity index (χ4v) is 2.69. The van der Waals surface area contributed by atoms with Crippen molar-refractivity contribution in [3.05, 3.63) is 54.9 Å². The number of imidazole rings is 1. The van der Waals surface area contributed by atoms with E-state index in [0.29, 0.717) is 5.69 Å². The van der Waals surface area contributed by atoms with Crippen molar-refractivity contribution < 1.29 is 14.3 Å². The van der Waals surface area contributed by atoms with Gasteiger partial charge in [-0.3, -0.25) is 9.36 Å². The molecule has 0 fully saturated rings. The number of nitrogens with zero attached hydrogens (tertiary/aromatic N) is 2. The number of fused-ring (bicyclic) bond motifs is 1. The molecule has 0 saturated carbocycles. The van der Waals surface area contributed by atoms with E-state index in [1.54, 1.807) is 27.1 Å².